The molecule has 1 fully saturated rings. The summed E-state index contributed by atoms with van der Waals surface area (Å²) in [7, 11) is 1.82. The van der Waals surface area contributed by atoms with Gasteiger partial charge in [0.25, 0.3) is 0 Å². The largest absolute Gasteiger partial charge is 0.350 e. The topological polar surface area (TPSA) is 67.4 Å². The molecule has 1 aliphatic heterocycles. The lowest BCUT2D eigenvalue weighted by atomic mass is 10.0. The quantitative estimate of drug-likeness (QED) is 0.645. The van der Waals surface area contributed by atoms with Gasteiger partial charge in [-0.25, -0.2) is 0 Å². The van der Waals surface area contributed by atoms with E-state index in [1.54, 1.807) is 0 Å². The first-order chi connectivity index (χ1) is 13.5. The van der Waals surface area contributed by atoms with Crippen LogP contribution < -0.4 is 16.4 Å². The Morgan fingerprint density at radius 3 is 2.46 bits per heavy atom. The molecular formula is C23H27N5. The predicted octanol–water partition coefficient (Wildman–Crippen LogP) is 4.17. The van der Waals surface area contributed by atoms with Crippen LogP contribution in [-0.2, 0) is 0 Å². The molecule has 2 aromatic carbocycles. The Balaban J connectivity index is 1.61. The smallest absolute Gasteiger partial charge is 0.165 e. The molecule has 144 valence electrons. The molecule has 1 saturated carbocycles. The summed E-state index contributed by atoms with van der Waals surface area (Å²) in [6.07, 6.45) is 4.43. The van der Waals surface area contributed by atoms with Crippen LogP contribution in [-0.4, -0.2) is 23.2 Å². The fourth-order valence-electron chi connectivity index (χ4n) is 4.24. The van der Waals surface area contributed by atoms with Crippen molar-refractivity contribution in [3.05, 3.63) is 59.8 Å². The summed E-state index contributed by atoms with van der Waals surface area (Å²) in [5.74, 6) is 1.23. The minimum atomic E-state index is -0.606. The number of anilines is 1. The van der Waals surface area contributed by atoms with E-state index in [1.165, 1.54) is 10.9 Å². The molecule has 1 aliphatic carbocycles. The van der Waals surface area contributed by atoms with E-state index < -0.39 is 5.79 Å². The van der Waals surface area contributed by atoms with E-state index in [1.807, 2.05) is 7.05 Å². The Morgan fingerprint density at radius 1 is 1.07 bits per heavy atom. The van der Waals surface area contributed by atoms with Crippen molar-refractivity contribution in [2.75, 3.05) is 12.4 Å². The van der Waals surface area contributed by atoms with Crippen LogP contribution in [0.3, 0.4) is 0 Å². The van der Waals surface area contributed by atoms with E-state index in [9.17, 15) is 0 Å². The maximum absolute atomic E-state index is 6.62. The lowest BCUT2D eigenvalue weighted by molar-refractivity contribution is 0.388. The molecule has 4 N–H and O–H groups in total. The van der Waals surface area contributed by atoms with Crippen molar-refractivity contribution in [2.24, 2.45) is 16.6 Å². The summed E-state index contributed by atoms with van der Waals surface area (Å²) < 4.78 is 2.23. The van der Waals surface area contributed by atoms with Crippen LogP contribution in [0.15, 0.2) is 53.7 Å². The third kappa shape index (κ3) is 2.61. The van der Waals surface area contributed by atoms with Gasteiger partial charge >= 0.3 is 0 Å². The third-order valence-electron chi connectivity index (χ3n) is 6.06. The Bertz CT molecular complexity index is 1070. The molecule has 5 nitrogen and oxygen atoms in total. The molecule has 0 spiro atoms. The van der Waals surface area contributed by atoms with Gasteiger partial charge in [0.05, 0.1) is 5.52 Å². The first-order valence-electron chi connectivity index (χ1n) is 10.1. The number of nitrogens with one attached hydrogen (secondary N) is 2. The zero-order chi connectivity index (χ0) is 19.5. The van der Waals surface area contributed by atoms with Crippen LogP contribution >= 0.6 is 0 Å². The van der Waals surface area contributed by atoms with Gasteiger partial charge in [-0.15, -0.1) is 0 Å². The van der Waals surface area contributed by atoms with Gasteiger partial charge in [0, 0.05) is 41.5 Å². The van der Waals surface area contributed by atoms with E-state index in [2.05, 4.69) is 82.7 Å². The second-order valence-corrected chi connectivity index (χ2v) is 8.32. The van der Waals surface area contributed by atoms with Gasteiger partial charge < -0.3 is 15.2 Å². The first kappa shape index (κ1) is 17.3. The lowest BCUT2D eigenvalue weighted by Gasteiger charge is -2.39. The SMILES string of the molecule is CN=C1NC(N)(C2CC2)Nc2ccc3c(ccn3-c3ccc(C(C)C)cc3)c21. The van der Waals surface area contributed by atoms with Crippen molar-refractivity contribution in [1.29, 1.82) is 0 Å². The average Bonchev–Trinajstić information content (AvgIpc) is 3.47. The van der Waals surface area contributed by atoms with Gasteiger partial charge in [-0.05, 0) is 54.7 Å². The molecular weight excluding hydrogens is 346 g/mol. The highest BCUT2D eigenvalue weighted by Gasteiger charge is 2.46. The fourth-order valence-corrected chi connectivity index (χ4v) is 4.24. The molecule has 0 radical (unpaired) electrons. The summed E-state index contributed by atoms with van der Waals surface area (Å²) in [6, 6.07) is 15.3. The van der Waals surface area contributed by atoms with E-state index >= 15 is 0 Å². The molecule has 1 atom stereocenters. The average molecular weight is 374 g/mol. The number of nitrogens with zero attached hydrogens (tertiary/aromatic N) is 2. The van der Waals surface area contributed by atoms with E-state index in [0.717, 1.165) is 41.1 Å². The number of aromatic nitrogens is 1. The molecule has 28 heavy (non-hydrogen) atoms. The monoisotopic (exact) mass is 373 g/mol. The molecule has 0 amide bonds. The van der Waals surface area contributed by atoms with Gasteiger partial charge in [0.1, 0.15) is 5.84 Å². The van der Waals surface area contributed by atoms with Crippen molar-refractivity contribution in [1.82, 2.24) is 9.88 Å². The lowest BCUT2D eigenvalue weighted by Crippen LogP contribution is -2.65. The van der Waals surface area contributed by atoms with Gasteiger partial charge in [-0.1, -0.05) is 26.0 Å². The second kappa shape index (κ2) is 6.11. The minimum absolute atomic E-state index is 0.442. The van der Waals surface area contributed by atoms with E-state index in [-0.39, 0.29) is 0 Å². The summed E-state index contributed by atoms with van der Waals surface area (Å²) in [4.78, 5) is 4.53. The number of rotatable bonds is 3. The number of hydrogen-bond acceptors (Lipinski definition) is 3. The van der Waals surface area contributed by atoms with Crippen molar-refractivity contribution < 1.29 is 0 Å². The number of benzene rings is 2. The predicted molar refractivity (Wildman–Crippen MR) is 116 cm³/mol. The summed E-state index contributed by atoms with van der Waals surface area (Å²) >= 11 is 0. The Hall–Kier alpha value is -2.79. The number of hydrogen-bond donors (Lipinski definition) is 3. The van der Waals surface area contributed by atoms with Crippen LogP contribution in [0.25, 0.3) is 16.6 Å². The zero-order valence-corrected chi connectivity index (χ0v) is 16.7. The summed E-state index contributed by atoms with van der Waals surface area (Å²) in [5, 5.41) is 8.17. The van der Waals surface area contributed by atoms with Crippen molar-refractivity contribution in [3.63, 3.8) is 0 Å². The van der Waals surface area contributed by atoms with Gasteiger partial charge in [0.15, 0.2) is 5.79 Å². The molecule has 1 unspecified atom stereocenters. The molecule has 0 bridgehead atoms. The molecule has 3 aromatic rings. The maximum atomic E-state index is 6.62. The van der Waals surface area contributed by atoms with Gasteiger partial charge in [-0.3, -0.25) is 10.7 Å². The summed E-state index contributed by atoms with van der Waals surface area (Å²) in [6.45, 7) is 4.44. The van der Waals surface area contributed by atoms with E-state index in [0.29, 0.717) is 11.8 Å². The second-order valence-electron chi connectivity index (χ2n) is 8.32. The van der Waals surface area contributed by atoms with Gasteiger partial charge in [0.2, 0.25) is 0 Å². The molecule has 0 saturated heterocycles. The van der Waals surface area contributed by atoms with Crippen LogP contribution in [0.5, 0.6) is 0 Å². The maximum Gasteiger partial charge on any atom is 0.165 e. The number of nitrogens with two attached hydrogens (primary N) is 1. The molecule has 5 heteroatoms. The zero-order valence-electron chi connectivity index (χ0n) is 16.7. The molecule has 1 aromatic heterocycles. The number of aliphatic imine (C=N–C) groups is 1. The first-order valence-corrected chi connectivity index (χ1v) is 10.1. The highest BCUT2D eigenvalue weighted by atomic mass is 15.3. The third-order valence-corrected chi connectivity index (χ3v) is 6.06. The number of fused-ring (bicyclic) bond motifs is 3. The van der Waals surface area contributed by atoms with Crippen LogP contribution in [0.2, 0.25) is 0 Å². The highest BCUT2D eigenvalue weighted by molar-refractivity contribution is 6.15. The van der Waals surface area contributed by atoms with Crippen molar-refractivity contribution in [3.8, 4) is 5.69 Å². The molecule has 5 rings (SSSR count). The minimum Gasteiger partial charge on any atom is -0.350 e. The number of amidine groups is 1. The highest BCUT2D eigenvalue weighted by Crippen LogP contribution is 2.41. The van der Waals surface area contributed by atoms with Crippen LogP contribution in [0.4, 0.5) is 5.69 Å². The molecule has 2 heterocycles. The Labute approximate surface area is 165 Å². The normalized spacial score (nSPS) is 23.0. The molecule has 2 aliphatic rings. The van der Waals surface area contributed by atoms with Crippen LogP contribution in [0, 0.1) is 5.92 Å². The van der Waals surface area contributed by atoms with Gasteiger partial charge in [-0.2, -0.15) is 0 Å². The van der Waals surface area contributed by atoms with Crippen LogP contribution in [0.1, 0.15) is 43.7 Å². The van der Waals surface area contributed by atoms with E-state index in [4.69, 9.17) is 5.73 Å². The Morgan fingerprint density at radius 2 is 1.82 bits per heavy atom. The standard InChI is InChI=1S/C23H27N5/c1-14(2)15-4-8-17(9-5-15)28-13-12-18-20(28)11-10-19-21(18)22(25-3)27-23(24,26-19)16-6-7-16/h4-5,8-14,16,26H,6-7,24H2,1-3H3,(H,25,27). The Kier molecular flexibility index (Phi) is 3.78. The van der Waals surface area contributed by atoms with Crippen molar-refractivity contribution in [2.45, 2.75) is 38.4 Å². The summed E-state index contributed by atoms with van der Waals surface area (Å²) in [5.41, 5.74) is 12.4. The fraction of sp³-hybridized carbons (Fsp3) is 0.348. The van der Waals surface area contributed by atoms with Crippen molar-refractivity contribution >= 4 is 22.4 Å².